The van der Waals surface area contributed by atoms with E-state index in [1.807, 2.05) is 13.8 Å². The summed E-state index contributed by atoms with van der Waals surface area (Å²) in [6.45, 7) is 5.97. The molecule has 3 aromatic carbocycles. The number of aliphatic hydroxyl groups excluding tert-OH is 2. The minimum Gasteiger partial charge on any atom is -0.394 e. The molecule has 6 aromatic rings. The highest BCUT2D eigenvalue weighted by atomic mass is 32.2. The number of fused-ring (bicyclic) bond motifs is 4. The monoisotopic (exact) mass is 1930 g/mol. The molecule has 0 radical (unpaired) electrons. The van der Waals surface area contributed by atoms with Crippen LogP contribution in [0.2, 0.25) is 0 Å². The largest absolute Gasteiger partial charge is 0.394 e. The van der Waals surface area contributed by atoms with Crippen molar-refractivity contribution in [3.05, 3.63) is 126 Å². The number of guanidine groups is 1. The van der Waals surface area contributed by atoms with Crippen molar-refractivity contribution in [3.63, 3.8) is 0 Å². The van der Waals surface area contributed by atoms with Crippen LogP contribution in [0.25, 0.3) is 21.8 Å². The number of carbonyl (C=O) groups excluding carboxylic acids is 17. The number of halogens is 2. The van der Waals surface area contributed by atoms with Crippen molar-refractivity contribution < 1.29 is 101 Å². The molecule has 9 rings (SSSR count). The number of nitrogens with one attached hydrogen (secondary N) is 13. The lowest BCUT2D eigenvalue weighted by Crippen LogP contribution is -2.60. The zero-order valence-electron chi connectivity index (χ0n) is 78.2. The molecule has 3 aliphatic rings. The van der Waals surface area contributed by atoms with Gasteiger partial charge in [-0.3, -0.25) is 86.9 Å². The van der Waals surface area contributed by atoms with E-state index in [-0.39, 0.29) is 101 Å². The zero-order chi connectivity index (χ0) is 100. The number of hydrogen-bond acceptors (Lipinski definition) is 22. The van der Waals surface area contributed by atoms with E-state index in [2.05, 4.69) is 67.8 Å². The molecule has 3 aromatic heterocycles. The van der Waals surface area contributed by atoms with Gasteiger partial charge in [0.1, 0.15) is 72.3 Å². The van der Waals surface area contributed by atoms with Gasteiger partial charge in [-0.05, 0) is 112 Å². The average molecular weight is 1930 g/mol. The van der Waals surface area contributed by atoms with Gasteiger partial charge in [0.15, 0.2) is 29.2 Å². The van der Waals surface area contributed by atoms with E-state index in [1.54, 1.807) is 74.8 Å². The van der Waals surface area contributed by atoms with Crippen LogP contribution in [-0.4, -0.2) is 305 Å². The number of aliphatic hydroxyl groups is 2. The van der Waals surface area contributed by atoms with Gasteiger partial charge < -0.3 is 115 Å². The summed E-state index contributed by atoms with van der Waals surface area (Å²) in [5, 5.41) is 55.4. The van der Waals surface area contributed by atoms with Crippen molar-refractivity contribution in [2.24, 2.45) is 35.0 Å². The Morgan fingerprint density at radius 2 is 1.18 bits per heavy atom. The maximum Gasteiger partial charge on any atom is 0.246 e. The number of rotatable bonds is 26. The molecule has 0 aliphatic carbocycles. The molecular formula is C93H128F2N22O19S. The molecule has 0 spiro atoms. The maximum absolute atomic E-state index is 15.8. The molecule has 15 atom stereocenters. The van der Waals surface area contributed by atoms with Crippen molar-refractivity contribution in [1.29, 1.82) is 5.41 Å². The van der Waals surface area contributed by atoms with Gasteiger partial charge in [0.2, 0.25) is 88.6 Å². The van der Waals surface area contributed by atoms with Crippen LogP contribution < -0.4 is 65.1 Å². The Balaban J connectivity index is 1.11. The Hall–Kier alpha value is -13.3. The van der Waals surface area contributed by atoms with Crippen LogP contribution in [0.1, 0.15) is 153 Å². The van der Waals surface area contributed by atoms with Gasteiger partial charge in [-0.2, -0.15) is 0 Å². The first-order valence-corrected chi connectivity index (χ1v) is 47.3. The van der Waals surface area contributed by atoms with E-state index in [9.17, 15) is 62.1 Å². The third kappa shape index (κ3) is 29.9. The summed E-state index contributed by atoms with van der Waals surface area (Å²) in [7, 11) is 3.85. The van der Waals surface area contributed by atoms with Gasteiger partial charge in [0, 0.05) is 137 Å². The van der Waals surface area contributed by atoms with Gasteiger partial charge >= 0.3 is 0 Å². The van der Waals surface area contributed by atoms with Gasteiger partial charge in [-0.25, -0.2) is 13.8 Å². The number of ketones is 2. The van der Waals surface area contributed by atoms with Gasteiger partial charge in [-0.1, -0.05) is 95.8 Å². The highest BCUT2D eigenvalue weighted by Crippen LogP contribution is 2.31. The minimum absolute atomic E-state index is 0.00496. The molecule has 0 bridgehead atoms. The number of benzene rings is 3. The molecule has 0 saturated carbocycles. The van der Waals surface area contributed by atoms with Crippen LogP contribution in [0.4, 0.5) is 8.78 Å². The molecule has 6 heterocycles. The number of thioether (sulfide) groups is 1. The second-order valence-electron chi connectivity index (χ2n) is 35.6. The van der Waals surface area contributed by atoms with Gasteiger partial charge in [0.25, 0.3) is 0 Å². The maximum atomic E-state index is 15.8. The lowest BCUT2D eigenvalue weighted by molar-refractivity contribution is -0.150. The number of aromatic nitrogens is 4. The fourth-order valence-corrected chi connectivity index (χ4v) is 18.2. The topological polar surface area (TPSA) is 617 Å². The van der Waals surface area contributed by atoms with E-state index in [4.69, 9.17) is 22.6 Å². The number of unbranched alkanes of at least 4 members (excludes halogenated alkanes) is 2. The Bertz CT molecular complexity index is 5330. The van der Waals surface area contributed by atoms with Crippen LogP contribution in [0.3, 0.4) is 0 Å². The summed E-state index contributed by atoms with van der Waals surface area (Å²) in [6, 6.07) is -1.99. The third-order valence-electron chi connectivity index (χ3n) is 24.9. The highest BCUT2D eigenvalue weighted by molar-refractivity contribution is 8.00. The number of nitrogens with two attached hydrogens (primary N) is 3. The fraction of sp³-hybridized carbons (Fsp3) is 0.538. The van der Waals surface area contributed by atoms with Crippen molar-refractivity contribution >= 4 is 140 Å². The number of Topliss-reactive ketones (excluding diaryl/α,β-unsaturated/α-hetero) is 2. The molecule has 744 valence electrons. The predicted octanol–water partition coefficient (Wildman–Crippen LogP) is -0.175. The first-order chi connectivity index (χ1) is 65.2. The number of H-pyrrole nitrogens is 3. The van der Waals surface area contributed by atoms with E-state index in [0.717, 1.165) is 44.8 Å². The number of primary amides is 2. The Kier molecular flexibility index (Phi) is 40.0. The summed E-state index contributed by atoms with van der Waals surface area (Å²) in [5.74, 6) is -23.0. The van der Waals surface area contributed by atoms with Crippen LogP contribution >= 0.6 is 11.8 Å². The van der Waals surface area contributed by atoms with Crippen LogP contribution in [0, 0.1) is 34.8 Å². The lowest BCUT2D eigenvalue weighted by Gasteiger charge is -2.36. The average Bonchev–Trinajstić information content (AvgIpc) is 1.76. The number of hydrogen-bond donors (Lipinski definition) is 18. The number of aromatic amines is 3. The standard InChI is InChI=1S/C93H128F2N22O19S/c1-9-11-24-71-86(130)107-64(23-17-29-102-93(98)99)84(128)112-70(83(127)105-45-78(97)123)48-137-49-80(124)106-67(35-52-27-28-60(94)61(95)34-52)89(133)113(6)51(5)81(125)109-68(41-77(96)122)90(134)116-32-18-26-72(116)87(131)108-65(42-79-100-30-31-101-79)85(129)110-66(33-50(3)4)91(135)117-46-57(119)40-74(117)76(121)38-53(36-55-43-103-62-21-15-13-19-58(55)62)82(126)111-69(47-118)75(120)39-54(37-56-44-104-63-22-16-14-20-59(56)63)88(132)115(8)73(25-12-10-2)92(136)114(71)7/h13-16,19-22,27-28,30-31,34,43-44,50-51,53-54,57,64-74,103-104,118-119H,9-12,17-18,23-26,29,32-33,35-42,45-49H2,1-8H3,(H2,96,122)(H2,97,123)(H,100,101)(H,105,127)(H,106,124)(H,107,130)(H,108,131)(H,109,125)(H,110,129)(H,111,126)(H,112,128)(H4,98,99,102)/t51-,53+,54+,57+,64-,65-,66-,67-,68-,69-,70-,71-,72-,73-,74-/m0/s1. The molecule has 137 heavy (non-hydrogen) atoms. The van der Waals surface area contributed by atoms with Crippen LogP contribution in [-0.2, 0) is 107 Å². The molecule has 15 amide bonds. The minimum atomic E-state index is -1.83. The Morgan fingerprint density at radius 3 is 1.80 bits per heavy atom. The van der Waals surface area contributed by atoms with Gasteiger partial charge in [-0.15, -0.1) is 11.8 Å². The summed E-state index contributed by atoms with van der Waals surface area (Å²) in [6.07, 6.45) is 2.39. The fourth-order valence-electron chi connectivity index (χ4n) is 17.4. The van der Waals surface area contributed by atoms with Crippen molar-refractivity contribution in [1.82, 2.24) is 92.3 Å². The Labute approximate surface area is 795 Å². The second-order valence-corrected chi connectivity index (χ2v) is 36.7. The number of para-hydroxylation sites is 2. The molecule has 44 heteroatoms. The second kappa shape index (κ2) is 51.1. The summed E-state index contributed by atoms with van der Waals surface area (Å²) >= 11 is 0.692. The van der Waals surface area contributed by atoms with Crippen LogP contribution in [0.15, 0.2) is 91.5 Å². The number of amides is 15. The summed E-state index contributed by atoms with van der Waals surface area (Å²) in [5.41, 5.74) is 19.2. The number of imidazole rings is 1. The normalized spacial score (nSPS) is 24.7. The molecular weight excluding hydrogens is 1800 g/mol. The summed E-state index contributed by atoms with van der Waals surface area (Å²) in [4.78, 5) is 270. The first-order valence-electron chi connectivity index (χ1n) is 46.1. The third-order valence-corrected chi connectivity index (χ3v) is 26.0. The molecule has 21 N–H and O–H groups in total. The smallest absolute Gasteiger partial charge is 0.246 e. The first kappa shape index (κ1) is 107. The molecule has 0 unspecified atom stereocenters. The summed E-state index contributed by atoms with van der Waals surface area (Å²) < 4.78 is 29.4. The van der Waals surface area contributed by atoms with Gasteiger partial charge in [0.05, 0.1) is 37.5 Å². The lowest BCUT2D eigenvalue weighted by atomic mass is 9.88. The molecule has 3 aliphatic heterocycles. The highest BCUT2D eigenvalue weighted by Gasteiger charge is 2.47. The molecule has 3 saturated heterocycles. The number of carbonyl (C=O) groups is 17. The Morgan fingerprint density at radius 1 is 0.584 bits per heavy atom. The van der Waals surface area contributed by atoms with E-state index in [0.29, 0.717) is 70.4 Å². The van der Waals surface area contributed by atoms with Crippen molar-refractivity contribution in [3.8, 4) is 0 Å². The SMILES string of the molecule is CCCC[C@H]1C(=O)N(C)[C@@H](CCCC)C(=O)N[C@@H](CCCNC(=N)N)C(=O)N[C@H](C(=O)NCC(N)=O)CSCC(=O)N[C@@H](Cc2ccc(F)c(F)c2)C(=O)N(C)[C@@H](C)C(=O)N[C@@H](CC(N)=O)C(=O)N2CCC[C@H]2C(=O)N[C@@H](Cc2ncc[nH]2)C(=O)N[C@@H](CC(C)C)C(=O)N2C[C@H](O)C[C@H]2C(=O)C[C@@H](Cc2c[nH]c3ccccc23)C(=O)N[C@@H](CO)C(=O)C[C@@H](Cc2c[nH]c3ccccc23)C(=O)N1C. The quantitative estimate of drug-likeness (QED) is 0.0190. The predicted molar refractivity (Wildman–Crippen MR) is 500 cm³/mol. The zero-order valence-corrected chi connectivity index (χ0v) is 79.0. The number of likely N-dealkylation sites (N-methyl/N-ethyl adjacent to an activating group) is 3. The van der Waals surface area contributed by atoms with Crippen molar-refractivity contribution in [2.75, 3.05) is 65.4 Å². The van der Waals surface area contributed by atoms with Crippen LogP contribution in [0.5, 0.6) is 0 Å². The van der Waals surface area contributed by atoms with E-state index < -0.39 is 265 Å². The van der Waals surface area contributed by atoms with E-state index >= 15 is 38.4 Å². The molecule has 41 nitrogen and oxygen atoms in total. The van der Waals surface area contributed by atoms with E-state index in [1.165, 1.54) is 38.3 Å². The van der Waals surface area contributed by atoms with Crippen molar-refractivity contribution in [2.45, 2.75) is 235 Å². The molecule has 3 fully saturated rings. The number of nitrogens with zero attached hydrogens (tertiary/aromatic N) is 6.